The van der Waals surface area contributed by atoms with E-state index >= 15 is 0 Å². The fraction of sp³-hybridized carbons (Fsp3) is 0.321. The second-order valence-corrected chi connectivity index (χ2v) is 9.74. The molecule has 1 fully saturated rings. The maximum absolute atomic E-state index is 14.1. The molecule has 1 amide bonds. The molecular formula is C28H30FN5O2. The summed E-state index contributed by atoms with van der Waals surface area (Å²) in [6.07, 6.45) is 6.29. The van der Waals surface area contributed by atoms with Crippen LogP contribution in [0.15, 0.2) is 65.6 Å². The Morgan fingerprint density at radius 2 is 1.92 bits per heavy atom. The lowest BCUT2D eigenvalue weighted by molar-refractivity contribution is -0.129. The number of carbonyl (C=O) groups is 1. The zero-order valence-corrected chi connectivity index (χ0v) is 21.2. The fourth-order valence-corrected chi connectivity index (χ4v) is 4.91. The number of imidazole rings is 1. The van der Waals surface area contributed by atoms with Gasteiger partial charge in [-0.2, -0.15) is 0 Å². The van der Waals surface area contributed by atoms with Crippen LogP contribution < -0.4 is 4.74 Å². The topological polar surface area (TPSA) is 63.0 Å². The molecule has 1 atom stereocenters. The summed E-state index contributed by atoms with van der Waals surface area (Å²) in [6.45, 7) is 6.59. The van der Waals surface area contributed by atoms with Crippen molar-refractivity contribution in [3.8, 4) is 11.4 Å². The number of rotatable bonds is 4. The van der Waals surface area contributed by atoms with Gasteiger partial charge in [-0.3, -0.25) is 14.7 Å². The Balaban J connectivity index is 1.56. The van der Waals surface area contributed by atoms with Crippen molar-refractivity contribution in [2.24, 2.45) is 4.99 Å². The molecule has 0 bridgehead atoms. The molecule has 8 heteroatoms. The maximum atomic E-state index is 14.1. The summed E-state index contributed by atoms with van der Waals surface area (Å²) in [5, 5.41) is 0. The van der Waals surface area contributed by atoms with Crippen LogP contribution in [0.4, 0.5) is 4.39 Å². The van der Waals surface area contributed by atoms with Crippen molar-refractivity contribution >= 4 is 17.9 Å². The Labute approximate surface area is 210 Å². The number of aryl methyl sites for hydroxylation is 1. The number of hydrogen-bond donors (Lipinski definition) is 0. The first-order valence-electron chi connectivity index (χ1n) is 12.0. The van der Waals surface area contributed by atoms with Crippen molar-refractivity contribution in [1.29, 1.82) is 0 Å². The molecule has 1 saturated heterocycles. The first-order chi connectivity index (χ1) is 17.2. The first-order valence-corrected chi connectivity index (χ1v) is 12.0. The minimum atomic E-state index is -0.593. The third kappa shape index (κ3) is 3.96. The Morgan fingerprint density at radius 3 is 2.58 bits per heavy atom. The average Bonchev–Trinajstić information content (AvgIpc) is 3.31. The Kier molecular flexibility index (Phi) is 5.90. The monoisotopic (exact) mass is 487 g/mol. The molecule has 36 heavy (non-hydrogen) atoms. The van der Waals surface area contributed by atoms with E-state index in [0.29, 0.717) is 30.2 Å². The highest BCUT2D eigenvalue weighted by Crippen LogP contribution is 2.40. The van der Waals surface area contributed by atoms with Crippen LogP contribution in [0.1, 0.15) is 43.1 Å². The molecule has 2 aliphatic rings. The van der Waals surface area contributed by atoms with Crippen LogP contribution in [0.2, 0.25) is 0 Å². The summed E-state index contributed by atoms with van der Waals surface area (Å²) >= 11 is 0. The molecule has 0 saturated carbocycles. The number of carbonyl (C=O) groups excluding carboxylic acids is 1. The molecule has 5 rings (SSSR count). The molecule has 2 aromatic carbocycles. The summed E-state index contributed by atoms with van der Waals surface area (Å²) in [6, 6.07) is 12.0. The largest absolute Gasteiger partial charge is 0.495 e. The molecule has 2 aliphatic heterocycles. The summed E-state index contributed by atoms with van der Waals surface area (Å²) in [7, 11) is 3.59. The molecular weight excluding hydrogens is 457 g/mol. The van der Waals surface area contributed by atoms with Crippen LogP contribution in [-0.2, 0) is 4.79 Å². The summed E-state index contributed by atoms with van der Waals surface area (Å²) in [5.41, 5.74) is 3.58. The number of amides is 1. The van der Waals surface area contributed by atoms with Crippen molar-refractivity contribution in [2.45, 2.75) is 38.8 Å². The Morgan fingerprint density at radius 1 is 1.17 bits per heavy atom. The van der Waals surface area contributed by atoms with Crippen LogP contribution >= 0.6 is 0 Å². The Hall–Kier alpha value is -3.94. The summed E-state index contributed by atoms with van der Waals surface area (Å²) in [4.78, 5) is 26.9. The number of likely N-dealkylation sites (N-methyl/N-ethyl adjacent to an activating group) is 1. The van der Waals surface area contributed by atoms with Crippen molar-refractivity contribution < 1.29 is 13.9 Å². The lowest BCUT2D eigenvalue weighted by atomic mass is 9.85. The molecule has 0 radical (unpaired) electrons. The molecule has 0 N–H and O–H groups in total. The average molecular weight is 488 g/mol. The minimum absolute atomic E-state index is 0.0980. The van der Waals surface area contributed by atoms with Crippen LogP contribution in [0.25, 0.3) is 11.8 Å². The molecule has 0 aliphatic carbocycles. The van der Waals surface area contributed by atoms with Gasteiger partial charge in [-0.25, -0.2) is 9.37 Å². The number of ether oxygens (including phenoxy) is 1. The molecule has 1 aromatic heterocycles. The normalized spacial score (nSPS) is 20.4. The number of nitrogens with zero attached hydrogens (tertiary/aromatic N) is 5. The number of fused-ring (bicyclic) bond motifs is 1. The van der Waals surface area contributed by atoms with Gasteiger partial charge in [-0.1, -0.05) is 18.2 Å². The lowest BCUT2D eigenvalue weighted by Gasteiger charge is -2.51. The van der Waals surface area contributed by atoms with Crippen LogP contribution in [0.3, 0.4) is 0 Å². The standard InChI is InChI=1S/C28H30FN5O2/c1-18-16-33(17-31-18)24-11-6-19(15-25(24)36-5)14-22-26(35)34-23(20-7-9-21(29)10-8-20)12-13-30-27(34)32(4)28(22,2)3/h6-11,14-17,23H,12-13H2,1-5H3/b22-14-. The van der Waals surface area contributed by atoms with E-state index in [0.717, 1.165) is 22.5 Å². The third-order valence-electron chi connectivity index (χ3n) is 7.19. The molecule has 3 heterocycles. The van der Waals surface area contributed by atoms with Crippen molar-refractivity contribution in [3.63, 3.8) is 0 Å². The Bertz CT molecular complexity index is 1370. The second kappa shape index (κ2) is 8.93. The van der Waals surface area contributed by atoms with Gasteiger partial charge in [0.25, 0.3) is 5.91 Å². The zero-order chi connectivity index (χ0) is 25.6. The van der Waals surface area contributed by atoms with Gasteiger partial charge in [-0.05, 0) is 68.7 Å². The molecule has 7 nitrogen and oxygen atoms in total. The number of aliphatic imine (C=N–C) groups is 1. The summed E-state index contributed by atoms with van der Waals surface area (Å²) in [5.74, 6) is 0.932. The van der Waals surface area contributed by atoms with Crippen molar-refractivity contribution in [3.05, 3.63) is 83.2 Å². The van der Waals surface area contributed by atoms with E-state index in [9.17, 15) is 9.18 Å². The van der Waals surface area contributed by atoms with Gasteiger partial charge in [0.15, 0.2) is 0 Å². The number of halogens is 1. The van der Waals surface area contributed by atoms with Gasteiger partial charge in [0, 0.05) is 25.4 Å². The number of benzene rings is 2. The predicted octanol–water partition coefficient (Wildman–Crippen LogP) is 4.77. The van der Waals surface area contributed by atoms with E-state index in [1.165, 1.54) is 12.1 Å². The van der Waals surface area contributed by atoms with E-state index in [1.807, 2.05) is 62.9 Å². The van der Waals surface area contributed by atoms with E-state index in [2.05, 4.69) is 9.88 Å². The van der Waals surface area contributed by atoms with Gasteiger partial charge in [-0.15, -0.1) is 0 Å². The second-order valence-electron chi connectivity index (χ2n) is 9.74. The lowest BCUT2D eigenvalue weighted by Crippen LogP contribution is -2.63. The molecule has 1 unspecified atom stereocenters. The maximum Gasteiger partial charge on any atom is 0.259 e. The number of hydrogen-bond acceptors (Lipinski definition) is 5. The van der Waals surface area contributed by atoms with Crippen LogP contribution in [-0.4, -0.2) is 57.5 Å². The molecule has 186 valence electrons. The summed E-state index contributed by atoms with van der Waals surface area (Å²) < 4.78 is 21.2. The van der Waals surface area contributed by atoms with E-state index in [1.54, 1.807) is 30.5 Å². The van der Waals surface area contributed by atoms with E-state index < -0.39 is 5.54 Å². The highest BCUT2D eigenvalue weighted by molar-refractivity contribution is 6.12. The fourth-order valence-electron chi connectivity index (χ4n) is 4.91. The van der Waals surface area contributed by atoms with Gasteiger partial charge in [0.2, 0.25) is 5.96 Å². The van der Waals surface area contributed by atoms with Gasteiger partial charge in [0.05, 0.1) is 36.4 Å². The zero-order valence-electron chi connectivity index (χ0n) is 21.2. The predicted molar refractivity (Wildman–Crippen MR) is 138 cm³/mol. The SMILES string of the molecule is COc1cc(/C=C2/C(=O)N3C(=NCCC3c3ccc(F)cc3)N(C)C2(C)C)ccc1-n1cnc(C)c1. The smallest absolute Gasteiger partial charge is 0.259 e. The van der Waals surface area contributed by atoms with Crippen molar-refractivity contribution in [1.82, 2.24) is 19.4 Å². The highest BCUT2D eigenvalue weighted by Gasteiger charge is 2.48. The molecule has 0 spiro atoms. The van der Waals surface area contributed by atoms with E-state index in [4.69, 9.17) is 9.73 Å². The highest BCUT2D eigenvalue weighted by atomic mass is 19.1. The van der Waals surface area contributed by atoms with Crippen LogP contribution in [0.5, 0.6) is 5.75 Å². The quantitative estimate of drug-likeness (QED) is 0.498. The van der Waals surface area contributed by atoms with Gasteiger partial charge < -0.3 is 14.2 Å². The number of aromatic nitrogens is 2. The van der Waals surface area contributed by atoms with Gasteiger partial charge >= 0.3 is 0 Å². The third-order valence-corrected chi connectivity index (χ3v) is 7.19. The van der Waals surface area contributed by atoms with Gasteiger partial charge in [0.1, 0.15) is 11.6 Å². The number of guanidine groups is 1. The van der Waals surface area contributed by atoms with E-state index in [-0.39, 0.29) is 17.8 Å². The first kappa shape index (κ1) is 23.8. The van der Waals surface area contributed by atoms with Crippen molar-refractivity contribution in [2.75, 3.05) is 20.7 Å². The molecule has 3 aromatic rings. The minimum Gasteiger partial charge on any atom is -0.495 e. The van der Waals surface area contributed by atoms with Crippen LogP contribution in [0, 0.1) is 12.7 Å². The number of methoxy groups -OCH3 is 1.